The Kier molecular flexibility index (Phi) is 6.48. The van der Waals surface area contributed by atoms with E-state index in [9.17, 15) is 4.79 Å². The summed E-state index contributed by atoms with van der Waals surface area (Å²) in [6.07, 6.45) is 4.95. The standard InChI is InChI=1S/C11H22OS/c1-5-11(3,4)8-6-7-9-13-10(2)12/h5-9H2,1-4H3. The van der Waals surface area contributed by atoms with Gasteiger partial charge in [-0.15, -0.1) is 0 Å². The highest BCUT2D eigenvalue weighted by atomic mass is 32.2. The molecule has 0 N–H and O–H groups in total. The van der Waals surface area contributed by atoms with Gasteiger partial charge < -0.3 is 0 Å². The van der Waals surface area contributed by atoms with Crippen LogP contribution in [0.3, 0.4) is 0 Å². The molecule has 78 valence electrons. The molecule has 0 bridgehead atoms. The van der Waals surface area contributed by atoms with Crippen molar-refractivity contribution in [2.24, 2.45) is 5.41 Å². The molecule has 0 heterocycles. The zero-order valence-corrected chi connectivity index (χ0v) is 10.2. The molecule has 1 nitrogen and oxygen atoms in total. The van der Waals surface area contributed by atoms with Gasteiger partial charge in [-0.2, -0.15) is 0 Å². The zero-order valence-electron chi connectivity index (χ0n) is 9.35. The SMILES string of the molecule is CCC(C)(C)CCCCSC(C)=O. The summed E-state index contributed by atoms with van der Waals surface area (Å²) in [6.45, 7) is 8.50. The Hall–Kier alpha value is 0.0200. The lowest BCUT2D eigenvalue weighted by Crippen LogP contribution is -2.09. The van der Waals surface area contributed by atoms with Crippen LogP contribution in [0.4, 0.5) is 0 Å². The first-order chi connectivity index (χ1) is 5.98. The van der Waals surface area contributed by atoms with Crippen LogP contribution >= 0.6 is 11.8 Å². The molecule has 0 aromatic carbocycles. The highest BCUT2D eigenvalue weighted by Crippen LogP contribution is 2.27. The number of hydrogen-bond acceptors (Lipinski definition) is 2. The molecule has 0 unspecified atom stereocenters. The number of unbranched alkanes of at least 4 members (excludes halogenated alkanes) is 1. The van der Waals surface area contributed by atoms with Crippen LogP contribution in [0.5, 0.6) is 0 Å². The monoisotopic (exact) mass is 202 g/mol. The summed E-state index contributed by atoms with van der Waals surface area (Å²) in [5.41, 5.74) is 0.487. The van der Waals surface area contributed by atoms with Gasteiger partial charge in [-0.1, -0.05) is 45.4 Å². The first-order valence-corrected chi connectivity index (χ1v) is 6.10. The van der Waals surface area contributed by atoms with E-state index in [1.165, 1.54) is 37.4 Å². The van der Waals surface area contributed by atoms with Crippen LogP contribution in [0.1, 0.15) is 53.4 Å². The quantitative estimate of drug-likeness (QED) is 0.608. The Morgan fingerprint density at radius 2 is 1.92 bits per heavy atom. The molecular weight excluding hydrogens is 180 g/mol. The van der Waals surface area contributed by atoms with Crippen LogP contribution in [-0.4, -0.2) is 10.9 Å². The largest absolute Gasteiger partial charge is 0.288 e. The maximum atomic E-state index is 10.6. The molecular formula is C11H22OS. The molecule has 2 heteroatoms. The number of carbonyl (C=O) groups excluding carboxylic acids is 1. The summed E-state index contributed by atoms with van der Waals surface area (Å²) < 4.78 is 0. The first kappa shape index (κ1) is 13.0. The maximum absolute atomic E-state index is 10.6. The van der Waals surface area contributed by atoms with Crippen LogP contribution in [0, 0.1) is 5.41 Å². The molecule has 0 spiro atoms. The van der Waals surface area contributed by atoms with Crippen LogP contribution < -0.4 is 0 Å². The molecule has 0 rings (SSSR count). The number of hydrogen-bond donors (Lipinski definition) is 0. The van der Waals surface area contributed by atoms with Crippen molar-refractivity contribution in [1.82, 2.24) is 0 Å². The lowest BCUT2D eigenvalue weighted by atomic mass is 9.85. The fourth-order valence-electron chi connectivity index (χ4n) is 1.10. The van der Waals surface area contributed by atoms with E-state index in [2.05, 4.69) is 20.8 Å². The molecule has 0 aliphatic heterocycles. The number of thioether (sulfide) groups is 1. The Balaban J connectivity index is 3.30. The third-order valence-electron chi connectivity index (χ3n) is 2.51. The molecule has 0 aromatic rings. The summed E-state index contributed by atoms with van der Waals surface area (Å²) in [6, 6.07) is 0. The third kappa shape index (κ3) is 8.35. The Bertz CT molecular complexity index is 152. The molecule has 0 aromatic heterocycles. The fraction of sp³-hybridized carbons (Fsp3) is 0.909. The molecule has 0 radical (unpaired) electrons. The van der Waals surface area contributed by atoms with Gasteiger partial charge in [-0.3, -0.25) is 4.79 Å². The molecule has 0 amide bonds. The lowest BCUT2D eigenvalue weighted by molar-refractivity contribution is -0.109. The minimum absolute atomic E-state index is 0.245. The molecule has 13 heavy (non-hydrogen) atoms. The minimum atomic E-state index is 0.245. The second-order valence-electron chi connectivity index (χ2n) is 4.31. The van der Waals surface area contributed by atoms with Crippen molar-refractivity contribution >= 4 is 16.9 Å². The van der Waals surface area contributed by atoms with E-state index in [0.29, 0.717) is 5.41 Å². The summed E-state index contributed by atoms with van der Waals surface area (Å²) >= 11 is 1.45. The second-order valence-corrected chi connectivity index (χ2v) is 5.59. The van der Waals surface area contributed by atoms with E-state index in [1.807, 2.05) is 0 Å². The van der Waals surface area contributed by atoms with E-state index in [1.54, 1.807) is 6.92 Å². The second kappa shape index (κ2) is 6.47. The highest BCUT2D eigenvalue weighted by Gasteiger charge is 2.13. The predicted octanol–water partition coefficient (Wildman–Crippen LogP) is 3.87. The van der Waals surface area contributed by atoms with E-state index >= 15 is 0 Å². The van der Waals surface area contributed by atoms with Crippen molar-refractivity contribution in [2.75, 3.05) is 5.75 Å². The Labute approximate surface area is 86.7 Å². The van der Waals surface area contributed by atoms with E-state index in [0.717, 1.165) is 5.75 Å². The number of rotatable bonds is 6. The van der Waals surface area contributed by atoms with Crippen LogP contribution in [-0.2, 0) is 4.79 Å². The van der Waals surface area contributed by atoms with Gasteiger partial charge in [0.05, 0.1) is 0 Å². The molecule has 0 saturated carbocycles. The molecule has 0 aliphatic carbocycles. The van der Waals surface area contributed by atoms with Gasteiger partial charge >= 0.3 is 0 Å². The minimum Gasteiger partial charge on any atom is -0.288 e. The van der Waals surface area contributed by atoms with Gasteiger partial charge in [-0.25, -0.2) is 0 Å². The summed E-state index contributed by atoms with van der Waals surface area (Å²) in [5, 5.41) is 0.245. The summed E-state index contributed by atoms with van der Waals surface area (Å²) in [4.78, 5) is 10.6. The van der Waals surface area contributed by atoms with Crippen LogP contribution in [0.2, 0.25) is 0 Å². The summed E-state index contributed by atoms with van der Waals surface area (Å²) in [7, 11) is 0. The maximum Gasteiger partial charge on any atom is 0.185 e. The smallest absolute Gasteiger partial charge is 0.185 e. The number of carbonyl (C=O) groups is 1. The van der Waals surface area contributed by atoms with Crippen molar-refractivity contribution in [2.45, 2.75) is 53.4 Å². The van der Waals surface area contributed by atoms with Crippen LogP contribution in [0.25, 0.3) is 0 Å². The summed E-state index contributed by atoms with van der Waals surface area (Å²) in [5.74, 6) is 0.995. The van der Waals surface area contributed by atoms with E-state index < -0.39 is 0 Å². The Morgan fingerprint density at radius 3 is 2.38 bits per heavy atom. The van der Waals surface area contributed by atoms with Gasteiger partial charge in [0.2, 0.25) is 0 Å². The van der Waals surface area contributed by atoms with E-state index in [4.69, 9.17) is 0 Å². The van der Waals surface area contributed by atoms with Gasteiger partial charge in [0.25, 0.3) is 0 Å². The van der Waals surface area contributed by atoms with Crippen molar-refractivity contribution < 1.29 is 4.79 Å². The molecule has 0 fully saturated rings. The van der Waals surface area contributed by atoms with Gasteiger partial charge in [-0.05, 0) is 18.3 Å². The van der Waals surface area contributed by atoms with Gasteiger partial charge in [0.1, 0.15) is 0 Å². The molecule has 0 atom stereocenters. The third-order valence-corrected chi connectivity index (χ3v) is 3.41. The average Bonchev–Trinajstić information content (AvgIpc) is 2.03. The average molecular weight is 202 g/mol. The van der Waals surface area contributed by atoms with Crippen molar-refractivity contribution in [3.8, 4) is 0 Å². The molecule has 0 aliphatic rings. The van der Waals surface area contributed by atoms with Gasteiger partial charge in [0, 0.05) is 12.7 Å². The van der Waals surface area contributed by atoms with Crippen molar-refractivity contribution in [1.29, 1.82) is 0 Å². The zero-order chi connectivity index (χ0) is 10.3. The van der Waals surface area contributed by atoms with Gasteiger partial charge in [0.15, 0.2) is 5.12 Å². The normalized spacial score (nSPS) is 11.7. The fourth-order valence-corrected chi connectivity index (χ4v) is 1.73. The topological polar surface area (TPSA) is 17.1 Å². The lowest BCUT2D eigenvalue weighted by Gasteiger charge is -2.21. The highest BCUT2D eigenvalue weighted by molar-refractivity contribution is 8.13. The Morgan fingerprint density at radius 1 is 1.31 bits per heavy atom. The van der Waals surface area contributed by atoms with Crippen molar-refractivity contribution in [3.05, 3.63) is 0 Å². The van der Waals surface area contributed by atoms with Crippen LogP contribution in [0.15, 0.2) is 0 Å². The van der Waals surface area contributed by atoms with Crippen molar-refractivity contribution in [3.63, 3.8) is 0 Å². The predicted molar refractivity (Wildman–Crippen MR) is 61.1 cm³/mol. The molecule has 0 saturated heterocycles. The van der Waals surface area contributed by atoms with E-state index in [-0.39, 0.29) is 5.12 Å². The first-order valence-electron chi connectivity index (χ1n) is 5.11.